The lowest BCUT2D eigenvalue weighted by atomic mass is 9.98. The summed E-state index contributed by atoms with van der Waals surface area (Å²) in [6.45, 7) is -0.560. The minimum atomic E-state index is -0.885. The van der Waals surface area contributed by atoms with Gasteiger partial charge < -0.3 is 10.6 Å². The largest absolute Gasteiger partial charge is 0.353 e. The van der Waals surface area contributed by atoms with Crippen LogP contribution in [0.2, 0.25) is 0 Å². The van der Waals surface area contributed by atoms with E-state index in [9.17, 15) is 28.4 Å². The van der Waals surface area contributed by atoms with E-state index in [-0.39, 0.29) is 29.5 Å². The van der Waals surface area contributed by atoms with Crippen LogP contribution >= 0.6 is 11.8 Å². The molecule has 11 heteroatoms. The molecule has 1 aromatic rings. The molecular weight excluding hydrogens is 439 g/mol. The number of benzene rings is 1. The van der Waals surface area contributed by atoms with Crippen molar-refractivity contribution in [3.63, 3.8) is 0 Å². The van der Waals surface area contributed by atoms with E-state index >= 15 is 0 Å². The molecule has 9 nitrogen and oxygen atoms in total. The third-order valence-corrected chi connectivity index (χ3v) is 6.64. The third-order valence-electron chi connectivity index (χ3n) is 5.73. The number of hydrogen-bond acceptors (Lipinski definition) is 6. The molecule has 3 fully saturated rings. The van der Waals surface area contributed by atoms with Crippen LogP contribution in [-0.4, -0.2) is 64.0 Å². The maximum atomic E-state index is 13.8. The van der Waals surface area contributed by atoms with Crippen LogP contribution in [-0.2, 0) is 14.4 Å². The number of hydrogen-bond donors (Lipinski definition) is 2. The van der Waals surface area contributed by atoms with E-state index in [4.69, 9.17) is 0 Å². The maximum absolute atomic E-state index is 13.8. The Bertz CT molecular complexity index is 1040. The van der Waals surface area contributed by atoms with Gasteiger partial charge in [0.15, 0.2) is 0 Å². The zero-order valence-corrected chi connectivity index (χ0v) is 17.9. The van der Waals surface area contributed by atoms with Crippen molar-refractivity contribution < 1.29 is 28.4 Å². The molecule has 1 saturated carbocycles. The number of amides is 6. The van der Waals surface area contributed by atoms with E-state index in [1.807, 2.05) is 0 Å². The molecular formula is C21H21FN4O5S. The first kappa shape index (κ1) is 22.0. The van der Waals surface area contributed by atoms with Crippen molar-refractivity contribution >= 4 is 46.8 Å². The standard InChI is InChI=1S/C21H21FN4O5S/c22-14-6-2-1-5-13(14)11-15-17(28)25(20(31)32-15)10-9-23-16(27)12-26-18(29)21(24-19(26)30)7-3-4-8-21/h1-2,5-6,11H,3-4,7-10,12H2,(H,23,27)(H,24,30)/b15-11+. The van der Waals surface area contributed by atoms with Gasteiger partial charge in [0.25, 0.3) is 17.1 Å². The molecule has 3 aliphatic rings. The summed E-state index contributed by atoms with van der Waals surface area (Å²) in [5, 5.41) is 4.70. The first-order valence-electron chi connectivity index (χ1n) is 10.2. The van der Waals surface area contributed by atoms with E-state index in [0.717, 1.165) is 22.6 Å². The van der Waals surface area contributed by atoms with Gasteiger partial charge in [0.05, 0.1) is 4.91 Å². The fraction of sp³-hybridized carbons (Fsp3) is 0.381. The number of urea groups is 1. The summed E-state index contributed by atoms with van der Waals surface area (Å²) in [6, 6.07) is 5.31. The van der Waals surface area contributed by atoms with Crippen molar-refractivity contribution in [1.82, 2.24) is 20.4 Å². The van der Waals surface area contributed by atoms with E-state index in [1.165, 1.54) is 24.3 Å². The average Bonchev–Trinajstić information content (AvgIpc) is 3.39. The van der Waals surface area contributed by atoms with Gasteiger partial charge in [-0.2, -0.15) is 0 Å². The van der Waals surface area contributed by atoms with Crippen LogP contribution in [0.1, 0.15) is 31.2 Å². The van der Waals surface area contributed by atoms with E-state index in [0.29, 0.717) is 24.6 Å². The molecule has 1 spiro atoms. The topological polar surface area (TPSA) is 116 Å². The monoisotopic (exact) mass is 460 g/mol. The molecule has 2 aliphatic heterocycles. The fourth-order valence-electron chi connectivity index (χ4n) is 4.07. The molecule has 2 saturated heterocycles. The summed E-state index contributed by atoms with van der Waals surface area (Å²) in [5.74, 6) is -2.04. The molecule has 168 valence electrons. The van der Waals surface area contributed by atoms with Crippen molar-refractivity contribution in [3.05, 3.63) is 40.6 Å². The summed E-state index contributed by atoms with van der Waals surface area (Å²) in [7, 11) is 0. The molecule has 1 aliphatic carbocycles. The minimum Gasteiger partial charge on any atom is -0.353 e. The van der Waals surface area contributed by atoms with Crippen molar-refractivity contribution in [2.45, 2.75) is 31.2 Å². The second-order valence-electron chi connectivity index (χ2n) is 7.82. The molecule has 2 heterocycles. The van der Waals surface area contributed by atoms with Crippen LogP contribution in [0, 0.1) is 5.82 Å². The molecule has 1 aromatic carbocycles. The number of carbonyl (C=O) groups excluding carboxylic acids is 5. The van der Waals surface area contributed by atoms with Crippen molar-refractivity contribution in [3.8, 4) is 0 Å². The SMILES string of the molecule is O=C(CN1C(=O)NC2(CCCC2)C1=O)NCCN1C(=O)S/C(=C/c2ccccc2F)C1=O. The van der Waals surface area contributed by atoms with E-state index in [2.05, 4.69) is 10.6 Å². The van der Waals surface area contributed by atoms with Gasteiger partial charge in [-0.05, 0) is 36.7 Å². The molecule has 0 bridgehead atoms. The maximum Gasteiger partial charge on any atom is 0.325 e. The first-order valence-corrected chi connectivity index (χ1v) is 11.0. The van der Waals surface area contributed by atoms with Crippen LogP contribution < -0.4 is 10.6 Å². The van der Waals surface area contributed by atoms with Gasteiger partial charge in [0.2, 0.25) is 5.91 Å². The highest BCUT2D eigenvalue weighted by Crippen LogP contribution is 2.35. The molecule has 0 atom stereocenters. The predicted octanol–water partition coefficient (Wildman–Crippen LogP) is 1.84. The predicted molar refractivity (Wildman–Crippen MR) is 114 cm³/mol. The molecule has 0 unspecified atom stereocenters. The molecule has 2 N–H and O–H groups in total. The first-order chi connectivity index (χ1) is 15.3. The Balaban J connectivity index is 1.30. The lowest BCUT2D eigenvalue weighted by Crippen LogP contribution is -2.46. The average molecular weight is 460 g/mol. The molecule has 6 amide bonds. The Morgan fingerprint density at radius 2 is 1.88 bits per heavy atom. The van der Waals surface area contributed by atoms with E-state index in [1.54, 1.807) is 6.07 Å². The highest BCUT2D eigenvalue weighted by atomic mass is 32.2. The summed E-state index contributed by atoms with van der Waals surface area (Å²) in [5.41, 5.74) is -0.691. The zero-order chi connectivity index (χ0) is 22.9. The van der Waals surface area contributed by atoms with Crippen LogP contribution in [0.15, 0.2) is 29.2 Å². The summed E-state index contributed by atoms with van der Waals surface area (Å²) < 4.78 is 13.8. The third kappa shape index (κ3) is 4.12. The number of rotatable bonds is 6. The number of imide groups is 2. The second kappa shape index (κ2) is 8.73. The van der Waals surface area contributed by atoms with Crippen LogP contribution in [0.3, 0.4) is 0 Å². The van der Waals surface area contributed by atoms with Crippen LogP contribution in [0.5, 0.6) is 0 Å². The van der Waals surface area contributed by atoms with Gasteiger partial charge in [-0.25, -0.2) is 9.18 Å². The van der Waals surface area contributed by atoms with Crippen molar-refractivity contribution in [2.75, 3.05) is 19.6 Å². The number of carbonyl (C=O) groups is 5. The van der Waals surface area contributed by atoms with Gasteiger partial charge >= 0.3 is 6.03 Å². The smallest absolute Gasteiger partial charge is 0.325 e. The Kier molecular flexibility index (Phi) is 6.00. The molecule has 4 rings (SSSR count). The van der Waals surface area contributed by atoms with Crippen molar-refractivity contribution in [2.24, 2.45) is 0 Å². The van der Waals surface area contributed by atoms with E-state index < -0.39 is 41.0 Å². The zero-order valence-electron chi connectivity index (χ0n) is 17.1. The normalized spacial score (nSPS) is 21.2. The Morgan fingerprint density at radius 3 is 2.59 bits per heavy atom. The van der Waals surface area contributed by atoms with Gasteiger partial charge in [-0.1, -0.05) is 31.0 Å². The van der Waals surface area contributed by atoms with Gasteiger partial charge in [-0.3, -0.25) is 29.0 Å². The number of halogens is 1. The summed E-state index contributed by atoms with van der Waals surface area (Å²) in [6.07, 6.45) is 4.13. The Hall–Kier alpha value is -3.21. The Morgan fingerprint density at radius 1 is 1.16 bits per heavy atom. The van der Waals surface area contributed by atoms with Gasteiger partial charge in [0, 0.05) is 18.7 Å². The quantitative estimate of drug-likeness (QED) is 0.494. The van der Waals surface area contributed by atoms with Crippen LogP contribution in [0.25, 0.3) is 6.08 Å². The lowest BCUT2D eigenvalue weighted by Gasteiger charge is -2.20. The summed E-state index contributed by atoms with van der Waals surface area (Å²) in [4.78, 5) is 63.6. The highest BCUT2D eigenvalue weighted by molar-refractivity contribution is 8.18. The molecule has 0 radical (unpaired) electrons. The summed E-state index contributed by atoms with van der Waals surface area (Å²) >= 11 is 0.695. The van der Waals surface area contributed by atoms with Gasteiger partial charge in [-0.15, -0.1) is 0 Å². The molecule has 0 aromatic heterocycles. The lowest BCUT2D eigenvalue weighted by molar-refractivity contribution is -0.134. The minimum absolute atomic E-state index is 0.0430. The number of nitrogens with one attached hydrogen (secondary N) is 2. The fourth-order valence-corrected chi connectivity index (χ4v) is 4.93. The second-order valence-corrected chi connectivity index (χ2v) is 8.81. The highest BCUT2D eigenvalue weighted by Gasteiger charge is 2.52. The van der Waals surface area contributed by atoms with Crippen molar-refractivity contribution in [1.29, 1.82) is 0 Å². The van der Waals surface area contributed by atoms with Crippen LogP contribution in [0.4, 0.5) is 14.0 Å². The van der Waals surface area contributed by atoms with Gasteiger partial charge in [0.1, 0.15) is 17.9 Å². The number of nitrogens with zero attached hydrogens (tertiary/aromatic N) is 2. The Labute approximate surface area is 187 Å². The molecule has 32 heavy (non-hydrogen) atoms. The number of thioether (sulfide) groups is 1.